The molecule has 1 amide bonds. The predicted molar refractivity (Wildman–Crippen MR) is 61.9 cm³/mol. The maximum atomic E-state index is 12.2. The van der Waals surface area contributed by atoms with Crippen LogP contribution in [0.25, 0.3) is 0 Å². The van der Waals surface area contributed by atoms with Gasteiger partial charge in [0.25, 0.3) is 0 Å². The van der Waals surface area contributed by atoms with Gasteiger partial charge >= 0.3 is 0 Å². The number of aromatic nitrogens is 4. The van der Waals surface area contributed by atoms with Crippen LogP contribution >= 0.6 is 0 Å². The number of tetrazole rings is 1. The van der Waals surface area contributed by atoms with Crippen molar-refractivity contribution in [1.29, 1.82) is 0 Å². The van der Waals surface area contributed by atoms with Crippen molar-refractivity contribution in [2.75, 3.05) is 0 Å². The summed E-state index contributed by atoms with van der Waals surface area (Å²) in [6.45, 7) is 3.92. The molecule has 6 heteroatoms. The summed E-state index contributed by atoms with van der Waals surface area (Å²) in [6, 6.07) is -0.194. The molecule has 1 unspecified atom stereocenters. The third kappa shape index (κ3) is 2.62. The summed E-state index contributed by atoms with van der Waals surface area (Å²) < 4.78 is 0. The lowest BCUT2D eigenvalue weighted by atomic mass is 9.75. The molecule has 0 radical (unpaired) electrons. The van der Waals surface area contributed by atoms with Crippen LogP contribution < -0.4 is 5.32 Å². The summed E-state index contributed by atoms with van der Waals surface area (Å²) in [5.41, 5.74) is -0.226. The predicted octanol–water partition coefficient (Wildman–Crippen LogP) is 1.35. The van der Waals surface area contributed by atoms with E-state index in [1.54, 1.807) is 0 Å². The zero-order valence-corrected chi connectivity index (χ0v) is 10.4. The van der Waals surface area contributed by atoms with Gasteiger partial charge in [-0.2, -0.15) is 5.21 Å². The molecular formula is C11H19N5O. The van der Waals surface area contributed by atoms with Crippen LogP contribution in [0.2, 0.25) is 0 Å². The standard InChI is InChI=1S/C11H19N5O/c1-8(9-13-15-16-14-9)12-10(17)11(2)6-4-3-5-7-11/h8H,3-7H2,1-2H3,(H,12,17)(H,13,14,15,16). The Kier molecular flexibility index (Phi) is 3.40. The summed E-state index contributed by atoms with van der Waals surface area (Å²) in [7, 11) is 0. The minimum Gasteiger partial charge on any atom is -0.346 e. The monoisotopic (exact) mass is 237 g/mol. The van der Waals surface area contributed by atoms with Gasteiger partial charge in [0.1, 0.15) is 0 Å². The minimum absolute atomic E-state index is 0.106. The molecule has 0 aliphatic heterocycles. The summed E-state index contributed by atoms with van der Waals surface area (Å²) in [6.07, 6.45) is 5.46. The Labute approximate surface area is 101 Å². The van der Waals surface area contributed by atoms with E-state index in [-0.39, 0.29) is 17.4 Å². The van der Waals surface area contributed by atoms with E-state index < -0.39 is 0 Å². The number of carbonyl (C=O) groups excluding carboxylic acids is 1. The highest BCUT2D eigenvalue weighted by molar-refractivity contribution is 5.82. The largest absolute Gasteiger partial charge is 0.346 e. The van der Waals surface area contributed by atoms with Crippen LogP contribution in [-0.4, -0.2) is 26.5 Å². The minimum atomic E-state index is -0.226. The molecule has 1 heterocycles. The normalized spacial score (nSPS) is 20.8. The molecule has 0 bridgehead atoms. The average Bonchev–Trinajstić information content (AvgIpc) is 2.83. The molecule has 1 atom stereocenters. The van der Waals surface area contributed by atoms with Crippen molar-refractivity contribution >= 4 is 5.91 Å². The van der Waals surface area contributed by atoms with Crippen molar-refractivity contribution < 1.29 is 4.79 Å². The second-order valence-corrected chi connectivity index (χ2v) is 5.09. The molecule has 1 aliphatic rings. The van der Waals surface area contributed by atoms with Crippen LogP contribution in [0.4, 0.5) is 0 Å². The molecule has 6 nitrogen and oxygen atoms in total. The van der Waals surface area contributed by atoms with Gasteiger partial charge in [-0.25, -0.2) is 0 Å². The zero-order chi connectivity index (χ0) is 12.3. The van der Waals surface area contributed by atoms with E-state index in [4.69, 9.17) is 0 Å². The van der Waals surface area contributed by atoms with Crippen LogP contribution in [0.15, 0.2) is 0 Å². The van der Waals surface area contributed by atoms with Crippen LogP contribution in [0.3, 0.4) is 0 Å². The first kappa shape index (κ1) is 12.0. The van der Waals surface area contributed by atoms with Gasteiger partial charge in [0.2, 0.25) is 5.91 Å². The highest BCUT2D eigenvalue weighted by Gasteiger charge is 2.35. The average molecular weight is 237 g/mol. The maximum absolute atomic E-state index is 12.2. The molecule has 1 aromatic rings. The van der Waals surface area contributed by atoms with Crippen LogP contribution in [0.1, 0.15) is 57.8 Å². The molecule has 17 heavy (non-hydrogen) atoms. The second-order valence-electron chi connectivity index (χ2n) is 5.09. The van der Waals surface area contributed by atoms with Gasteiger partial charge in [-0.1, -0.05) is 31.4 Å². The molecular weight excluding hydrogens is 218 g/mol. The molecule has 2 N–H and O–H groups in total. The Hall–Kier alpha value is -1.46. The lowest BCUT2D eigenvalue weighted by Gasteiger charge is -2.32. The summed E-state index contributed by atoms with van der Waals surface area (Å²) in [4.78, 5) is 12.2. The Morgan fingerprint density at radius 3 is 2.71 bits per heavy atom. The lowest BCUT2D eigenvalue weighted by Crippen LogP contribution is -2.41. The number of hydrogen-bond acceptors (Lipinski definition) is 4. The number of aromatic amines is 1. The molecule has 0 aromatic carbocycles. The smallest absolute Gasteiger partial charge is 0.226 e. The number of nitrogens with one attached hydrogen (secondary N) is 2. The molecule has 1 aromatic heterocycles. The number of H-pyrrole nitrogens is 1. The third-order valence-corrected chi connectivity index (χ3v) is 3.60. The summed E-state index contributed by atoms with van der Waals surface area (Å²) in [5, 5.41) is 16.6. The number of rotatable bonds is 3. The first-order valence-corrected chi connectivity index (χ1v) is 6.16. The number of nitrogens with zero attached hydrogens (tertiary/aromatic N) is 3. The van der Waals surface area contributed by atoms with Gasteiger partial charge in [0, 0.05) is 5.41 Å². The van der Waals surface area contributed by atoms with Gasteiger partial charge in [-0.3, -0.25) is 4.79 Å². The molecule has 2 rings (SSSR count). The van der Waals surface area contributed by atoms with Crippen molar-refractivity contribution in [3.05, 3.63) is 5.82 Å². The van der Waals surface area contributed by atoms with Crippen LogP contribution in [0, 0.1) is 5.41 Å². The first-order chi connectivity index (χ1) is 8.12. The quantitative estimate of drug-likeness (QED) is 0.831. The zero-order valence-electron chi connectivity index (χ0n) is 10.4. The molecule has 1 fully saturated rings. The van der Waals surface area contributed by atoms with Gasteiger partial charge in [0.05, 0.1) is 6.04 Å². The molecule has 94 valence electrons. The molecule has 0 saturated heterocycles. The SMILES string of the molecule is CC(NC(=O)C1(C)CCCCC1)c1nn[nH]n1. The highest BCUT2D eigenvalue weighted by atomic mass is 16.2. The number of amides is 1. The Balaban J connectivity index is 1.96. The fourth-order valence-corrected chi connectivity index (χ4v) is 2.35. The molecule has 1 aliphatic carbocycles. The van der Waals surface area contributed by atoms with Crippen molar-refractivity contribution in [3.8, 4) is 0 Å². The second kappa shape index (κ2) is 4.81. The fraction of sp³-hybridized carbons (Fsp3) is 0.818. The fourth-order valence-electron chi connectivity index (χ4n) is 2.35. The van der Waals surface area contributed by atoms with Gasteiger partial charge < -0.3 is 5.32 Å². The van der Waals surface area contributed by atoms with E-state index in [1.165, 1.54) is 6.42 Å². The van der Waals surface area contributed by atoms with E-state index in [9.17, 15) is 4.79 Å². The van der Waals surface area contributed by atoms with E-state index >= 15 is 0 Å². The Morgan fingerprint density at radius 1 is 1.41 bits per heavy atom. The van der Waals surface area contributed by atoms with Crippen LogP contribution in [0.5, 0.6) is 0 Å². The first-order valence-electron chi connectivity index (χ1n) is 6.16. The van der Waals surface area contributed by atoms with E-state index in [2.05, 4.69) is 25.9 Å². The van der Waals surface area contributed by atoms with Crippen molar-refractivity contribution in [2.45, 2.75) is 52.0 Å². The van der Waals surface area contributed by atoms with E-state index in [0.717, 1.165) is 25.7 Å². The summed E-state index contributed by atoms with van der Waals surface area (Å²) in [5.74, 6) is 0.632. The van der Waals surface area contributed by atoms with Crippen LogP contribution in [-0.2, 0) is 4.79 Å². The van der Waals surface area contributed by atoms with Crippen molar-refractivity contribution in [1.82, 2.24) is 25.9 Å². The Morgan fingerprint density at radius 2 is 2.12 bits per heavy atom. The van der Waals surface area contributed by atoms with Gasteiger partial charge in [-0.15, -0.1) is 10.2 Å². The third-order valence-electron chi connectivity index (χ3n) is 3.60. The van der Waals surface area contributed by atoms with Gasteiger partial charge in [0.15, 0.2) is 5.82 Å². The Bertz CT molecular complexity index is 369. The van der Waals surface area contributed by atoms with E-state index in [1.807, 2.05) is 13.8 Å². The lowest BCUT2D eigenvalue weighted by molar-refractivity contribution is -0.132. The van der Waals surface area contributed by atoms with Crippen molar-refractivity contribution in [3.63, 3.8) is 0 Å². The summed E-state index contributed by atoms with van der Waals surface area (Å²) >= 11 is 0. The maximum Gasteiger partial charge on any atom is 0.226 e. The topological polar surface area (TPSA) is 83.6 Å². The van der Waals surface area contributed by atoms with Gasteiger partial charge in [-0.05, 0) is 19.8 Å². The number of carbonyl (C=O) groups is 1. The van der Waals surface area contributed by atoms with E-state index in [0.29, 0.717) is 5.82 Å². The highest BCUT2D eigenvalue weighted by Crippen LogP contribution is 2.36. The van der Waals surface area contributed by atoms with Crippen molar-refractivity contribution in [2.24, 2.45) is 5.41 Å². The molecule has 1 saturated carbocycles. The molecule has 0 spiro atoms. The number of hydrogen-bond donors (Lipinski definition) is 2.